The molecule has 0 aromatic heterocycles. The molecule has 3 rings (SSSR count). The molecule has 1 heterocycles. The van der Waals surface area contributed by atoms with Gasteiger partial charge in [-0.3, -0.25) is 0 Å². The van der Waals surface area contributed by atoms with E-state index in [1.54, 1.807) is 6.07 Å². The van der Waals surface area contributed by atoms with E-state index in [1.165, 1.54) is 0 Å². The summed E-state index contributed by atoms with van der Waals surface area (Å²) >= 11 is 0. The zero-order valence-electron chi connectivity index (χ0n) is 8.49. The van der Waals surface area contributed by atoms with Crippen molar-refractivity contribution in [3.05, 3.63) is 28.8 Å². The second-order valence-corrected chi connectivity index (χ2v) is 4.59. The lowest BCUT2D eigenvalue weighted by Gasteiger charge is -2.13. The highest BCUT2D eigenvalue weighted by Gasteiger charge is 2.41. The lowest BCUT2D eigenvalue weighted by molar-refractivity contribution is 0.132. The molecule has 80 valence electrons. The number of phenols is 1. The van der Waals surface area contributed by atoms with Gasteiger partial charge < -0.3 is 14.9 Å². The SMILES string of the molecule is Oc1ccc2c(c1CC1(O)CC1)COC2. The molecule has 1 saturated carbocycles. The summed E-state index contributed by atoms with van der Waals surface area (Å²) in [5.41, 5.74) is 2.54. The van der Waals surface area contributed by atoms with Crippen molar-refractivity contribution in [3.63, 3.8) is 0 Å². The third-order valence-electron chi connectivity index (χ3n) is 3.34. The van der Waals surface area contributed by atoms with Crippen molar-refractivity contribution >= 4 is 0 Å². The van der Waals surface area contributed by atoms with Crippen molar-refractivity contribution < 1.29 is 14.9 Å². The van der Waals surface area contributed by atoms with Crippen molar-refractivity contribution in [1.29, 1.82) is 0 Å². The minimum atomic E-state index is -0.560. The van der Waals surface area contributed by atoms with E-state index in [1.807, 2.05) is 6.07 Å². The highest BCUT2D eigenvalue weighted by Crippen LogP contribution is 2.42. The molecule has 2 aliphatic rings. The highest BCUT2D eigenvalue weighted by molar-refractivity contribution is 5.46. The van der Waals surface area contributed by atoms with Crippen LogP contribution in [0.1, 0.15) is 29.5 Å². The number of aliphatic hydroxyl groups is 1. The highest BCUT2D eigenvalue weighted by atomic mass is 16.5. The Morgan fingerprint density at radius 3 is 2.80 bits per heavy atom. The summed E-state index contributed by atoms with van der Waals surface area (Å²) in [6.07, 6.45) is 2.25. The first-order valence-electron chi connectivity index (χ1n) is 5.31. The molecule has 0 radical (unpaired) electrons. The van der Waals surface area contributed by atoms with E-state index in [0.29, 0.717) is 25.4 Å². The Labute approximate surface area is 88.3 Å². The van der Waals surface area contributed by atoms with Crippen molar-refractivity contribution in [2.45, 2.75) is 38.1 Å². The number of ether oxygens (including phenoxy) is 1. The van der Waals surface area contributed by atoms with Gasteiger partial charge in [-0.05, 0) is 30.0 Å². The van der Waals surface area contributed by atoms with Gasteiger partial charge in [-0.1, -0.05) is 6.07 Å². The first-order valence-corrected chi connectivity index (χ1v) is 5.31. The van der Waals surface area contributed by atoms with Crippen LogP contribution in [0.25, 0.3) is 0 Å². The monoisotopic (exact) mass is 206 g/mol. The number of phenolic OH excluding ortho intramolecular Hbond substituents is 1. The van der Waals surface area contributed by atoms with Gasteiger partial charge in [0.1, 0.15) is 5.75 Å². The van der Waals surface area contributed by atoms with Gasteiger partial charge >= 0.3 is 0 Å². The van der Waals surface area contributed by atoms with Crippen LogP contribution in [-0.2, 0) is 24.4 Å². The van der Waals surface area contributed by atoms with E-state index < -0.39 is 5.60 Å². The number of fused-ring (bicyclic) bond motifs is 1. The molecule has 0 spiro atoms. The Bertz CT molecular complexity index is 408. The number of aromatic hydroxyl groups is 1. The maximum absolute atomic E-state index is 9.89. The van der Waals surface area contributed by atoms with Crippen LogP contribution in [0.5, 0.6) is 5.75 Å². The van der Waals surface area contributed by atoms with Crippen LogP contribution < -0.4 is 0 Å². The average molecular weight is 206 g/mol. The molecule has 0 amide bonds. The minimum Gasteiger partial charge on any atom is -0.508 e. The molecule has 0 saturated heterocycles. The van der Waals surface area contributed by atoms with Gasteiger partial charge in [-0.25, -0.2) is 0 Å². The van der Waals surface area contributed by atoms with E-state index in [0.717, 1.165) is 29.5 Å². The lowest BCUT2D eigenvalue weighted by atomic mass is 9.96. The molecular weight excluding hydrogens is 192 g/mol. The van der Waals surface area contributed by atoms with Gasteiger partial charge in [0.25, 0.3) is 0 Å². The summed E-state index contributed by atoms with van der Waals surface area (Å²) < 4.78 is 5.35. The summed E-state index contributed by atoms with van der Waals surface area (Å²) in [4.78, 5) is 0. The number of hydrogen-bond acceptors (Lipinski definition) is 3. The summed E-state index contributed by atoms with van der Waals surface area (Å²) in [6, 6.07) is 3.60. The summed E-state index contributed by atoms with van der Waals surface area (Å²) in [5.74, 6) is 0.291. The van der Waals surface area contributed by atoms with Crippen molar-refractivity contribution in [1.82, 2.24) is 0 Å². The molecule has 0 unspecified atom stereocenters. The van der Waals surface area contributed by atoms with Gasteiger partial charge in [0.15, 0.2) is 0 Å². The van der Waals surface area contributed by atoms with Crippen LogP contribution in [0.4, 0.5) is 0 Å². The Morgan fingerprint density at radius 1 is 1.27 bits per heavy atom. The fourth-order valence-corrected chi connectivity index (χ4v) is 2.15. The van der Waals surface area contributed by atoms with E-state index in [-0.39, 0.29) is 0 Å². The molecule has 3 heteroatoms. The van der Waals surface area contributed by atoms with E-state index in [4.69, 9.17) is 4.74 Å². The predicted octanol–water partition coefficient (Wildman–Crippen LogP) is 1.49. The molecular formula is C12H14O3. The van der Waals surface area contributed by atoms with Crippen molar-refractivity contribution in [2.75, 3.05) is 0 Å². The fraction of sp³-hybridized carbons (Fsp3) is 0.500. The van der Waals surface area contributed by atoms with Crippen LogP contribution in [-0.4, -0.2) is 15.8 Å². The zero-order valence-corrected chi connectivity index (χ0v) is 8.49. The van der Waals surface area contributed by atoms with Gasteiger partial charge in [0.05, 0.1) is 18.8 Å². The fourth-order valence-electron chi connectivity index (χ4n) is 2.15. The Hall–Kier alpha value is -1.06. The second kappa shape index (κ2) is 2.97. The third-order valence-corrected chi connectivity index (χ3v) is 3.34. The molecule has 2 N–H and O–H groups in total. The molecule has 1 aliphatic carbocycles. The van der Waals surface area contributed by atoms with Crippen LogP contribution in [0.3, 0.4) is 0 Å². The van der Waals surface area contributed by atoms with Crippen LogP contribution in [0, 0.1) is 0 Å². The van der Waals surface area contributed by atoms with Gasteiger partial charge in [0.2, 0.25) is 0 Å². The van der Waals surface area contributed by atoms with Crippen molar-refractivity contribution in [2.24, 2.45) is 0 Å². The van der Waals surface area contributed by atoms with Gasteiger partial charge in [-0.15, -0.1) is 0 Å². The quantitative estimate of drug-likeness (QED) is 0.770. The molecule has 1 aliphatic heterocycles. The van der Waals surface area contributed by atoms with E-state index in [9.17, 15) is 10.2 Å². The maximum atomic E-state index is 9.89. The van der Waals surface area contributed by atoms with Crippen LogP contribution in [0.2, 0.25) is 0 Å². The smallest absolute Gasteiger partial charge is 0.119 e. The summed E-state index contributed by atoms with van der Waals surface area (Å²) in [6.45, 7) is 1.19. The molecule has 0 bridgehead atoms. The Balaban J connectivity index is 2.01. The third kappa shape index (κ3) is 1.52. The number of rotatable bonds is 2. The number of benzene rings is 1. The predicted molar refractivity (Wildman–Crippen MR) is 54.5 cm³/mol. The zero-order chi connectivity index (χ0) is 10.5. The first kappa shape index (κ1) is 9.19. The summed E-state index contributed by atoms with van der Waals surface area (Å²) in [7, 11) is 0. The molecule has 0 atom stereocenters. The lowest BCUT2D eigenvalue weighted by Crippen LogP contribution is -2.12. The van der Waals surface area contributed by atoms with Gasteiger partial charge in [-0.2, -0.15) is 0 Å². The standard InChI is InChI=1S/C12H14O3/c13-11-2-1-8-6-15-7-10(8)9(11)5-12(14)3-4-12/h1-2,13-14H,3-7H2. The summed E-state index contributed by atoms with van der Waals surface area (Å²) in [5, 5.41) is 19.7. The normalized spacial score (nSPS) is 21.4. The maximum Gasteiger partial charge on any atom is 0.119 e. The van der Waals surface area contributed by atoms with Crippen LogP contribution >= 0.6 is 0 Å². The largest absolute Gasteiger partial charge is 0.508 e. The molecule has 1 fully saturated rings. The topological polar surface area (TPSA) is 49.7 Å². The first-order chi connectivity index (χ1) is 7.18. The number of hydrogen-bond donors (Lipinski definition) is 2. The van der Waals surface area contributed by atoms with E-state index in [2.05, 4.69) is 0 Å². The second-order valence-electron chi connectivity index (χ2n) is 4.59. The molecule has 1 aromatic rings. The molecule has 1 aromatic carbocycles. The minimum absolute atomic E-state index is 0.291. The van der Waals surface area contributed by atoms with E-state index >= 15 is 0 Å². The Kier molecular flexibility index (Phi) is 1.82. The Morgan fingerprint density at radius 2 is 2.07 bits per heavy atom. The van der Waals surface area contributed by atoms with Gasteiger partial charge in [0, 0.05) is 12.0 Å². The van der Waals surface area contributed by atoms with Crippen LogP contribution in [0.15, 0.2) is 12.1 Å². The molecule has 15 heavy (non-hydrogen) atoms. The van der Waals surface area contributed by atoms with Crippen molar-refractivity contribution in [3.8, 4) is 5.75 Å². The molecule has 3 nitrogen and oxygen atoms in total. The average Bonchev–Trinajstić information content (AvgIpc) is 2.78.